The van der Waals surface area contributed by atoms with Crippen molar-refractivity contribution in [3.8, 4) is 0 Å². The van der Waals surface area contributed by atoms with Crippen LogP contribution in [0.15, 0.2) is 0 Å². The zero-order chi connectivity index (χ0) is 5.98. The second-order valence-corrected chi connectivity index (χ2v) is 1.92. The molecular weight excluding hydrogens is 140 g/mol. The van der Waals surface area contributed by atoms with Crippen molar-refractivity contribution in [1.82, 2.24) is 10.6 Å². The smallest absolute Gasteiger partial charge is 0.237 e. The highest BCUT2D eigenvalue weighted by molar-refractivity contribution is 5.85. The summed E-state index contributed by atoms with van der Waals surface area (Å²) in [6, 6.07) is 0.0648. The first-order valence-electron chi connectivity index (χ1n) is 2.79. The van der Waals surface area contributed by atoms with Crippen LogP contribution < -0.4 is 10.6 Å². The standard InChI is InChI=1S/C5H10N2O.ClH/c1-6-4-2-3-7-5(4)8;/h4,6H,2-3H2,1H3,(H,7,8);1H/t4-;/m0./s1. The van der Waals surface area contributed by atoms with Crippen LogP contribution in [-0.4, -0.2) is 25.5 Å². The van der Waals surface area contributed by atoms with Crippen LogP contribution >= 0.6 is 12.4 Å². The summed E-state index contributed by atoms with van der Waals surface area (Å²) in [5.41, 5.74) is 0. The van der Waals surface area contributed by atoms with Gasteiger partial charge < -0.3 is 10.6 Å². The van der Waals surface area contributed by atoms with Gasteiger partial charge in [-0.25, -0.2) is 0 Å². The maximum atomic E-state index is 10.6. The highest BCUT2D eigenvalue weighted by atomic mass is 35.5. The minimum atomic E-state index is 0. The van der Waals surface area contributed by atoms with Crippen LogP contribution in [-0.2, 0) is 4.79 Å². The summed E-state index contributed by atoms with van der Waals surface area (Å²) < 4.78 is 0. The minimum Gasteiger partial charge on any atom is -0.355 e. The first-order chi connectivity index (χ1) is 3.84. The van der Waals surface area contributed by atoms with Gasteiger partial charge in [0.1, 0.15) is 0 Å². The average molecular weight is 151 g/mol. The van der Waals surface area contributed by atoms with Crippen LogP contribution in [0.1, 0.15) is 6.42 Å². The molecule has 3 nitrogen and oxygen atoms in total. The molecule has 0 saturated carbocycles. The zero-order valence-corrected chi connectivity index (χ0v) is 6.12. The highest BCUT2D eigenvalue weighted by Gasteiger charge is 2.20. The van der Waals surface area contributed by atoms with Gasteiger partial charge in [0, 0.05) is 6.54 Å². The summed E-state index contributed by atoms with van der Waals surface area (Å²) in [6.45, 7) is 0.824. The molecule has 1 fully saturated rings. The summed E-state index contributed by atoms with van der Waals surface area (Å²) >= 11 is 0. The van der Waals surface area contributed by atoms with Crippen molar-refractivity contribution in [3.63, 3.8) is 0 Å². The lowest BCUT2D eigenvalue weighted by Gasteiger charge is -2.00. The van der Waals surface area contributed by atoms with Crippen molar-refractivity contribution in [2.45, 2.75) is 12.5 Å². The van der Waals surface area contributed by atoms with Gasteiger partial charge in [-0.1, -0.05) is 0 Å². The molecule has 0 aliphatic carbocycles. The third kappa shape index (κ3) is 1.84. The van der Waals surface area contributed by atoms with E-state index in [0.29, 0.717) is 0 Å². The van der Waals surface area contributed by atoms with Gasteiger partial charge in [-0.3, -0.25) is 4.79 Å². The largest absolute Gasteiger partial charge is 0.355 e. The van der Waals surface area contributed by atoms with Crippen LogP contribution in [0.25, 0.3) is 0 Å². The number of nitrogens with one attached hydrogen (secondary N) is 2. The number of carbonyl (C=O) groups excluding carboxylic acids is 1. The molecule has 0 unspecified atom stereocenters. The van der Waals surface area contributed by atoms with Gasteiger partial charge in [0.15, 0.2) is 0 Å². The van der Waals surface area contributed by atoms with E-state index >= 15 is 0 Å². The molecule has 1 saturated heterocycles. The predicted molar refractivity (Wildman–Crippen MR) is 37.7 cm³/mol. The van der Waals surface area contributed by atoms with Crippen LogP contribution in [0.5, 0.6) is 0 Å². The second-order valence-electron chi connectivity index (χ2n) is 1.92. The van der Waals surface area contributed by atoms with E-state index < -0.39 is 0 Å². The molecule has 1 atom stereocenters. The van der Waals surface area contributed by atoms with Gasteiger partial charge >= 0.3 is 0 Å². The van der Waals surface area contributed by atoms with E-state index in [1.54, 1.807) is 7.05 Å². The fourth-order valence-corrected chi connectivity index (χ4v) is 0.869. The lowest BCUT2D eigenvalue weighted by Crippen LogP contribution is -2.33. The van der Waals surface area contributed by atoms with E-state index in [1.807, 2.05) is 0 Å². The van der Waals surface area contributed by atoms with E-state index in [4.69, 9.17) is 0 Å². The third-order valence-corrected chi connectivity index (χ3v) is 1.40. The Labute approximate surface area is 60.6 Å². The van der Waals surface area contributed by atoms with Crippen molar-refractivity contribution in [2.24, 2.45) is 0 Å². The van der Waals surface area contributed by atoms with Gasteiger partial charge in [0.2, 0.25) is 5.91 Å². The summed E-state index contributed by atoms with van der Waals surface area (Å²) in [7, 11) is 1.80. The van der Waals surface area contributed by atoms with Gasteiger partial charge in [0.25, 0.3) is 0 Å². The van der Waals surface area contributed by atoms with E-state index in [0.717, 1.165) is 13.0 Å². The average Bonchev–Trinajstić information content (AvgIpc) is 2.14. The van der Waals surface area contributed by atoms with Crippen LogP contribution in [0.4, 0.5) is 0 Å². The molecule has 4 heteroatoms. The number of hydrogen-bond donors (Lipinski definition) is 2. The van der Waals surface area contributed by atoms with E-state index in [-0.39, 0.29) is 24.4 Å². The van der Waals surface area contributed by atoms with E-state index in [1.165, 1.54) is 0 Å². The lowest BCUT2D eigenvalue weighted by atomic mass is 10.3. The van der Waals surface area contributed by atoms with Gasteiger partial charge in [0.05, 0.1) is 6.04 Å². The number of hydrogen-bond acceptors (Lipinski definition) is 2. The number of amides is 1. The molecule has 0 bridgehead atoms. The van der Waals surface area contributed by atoms with Crippen LogP contribution in [0.3, 0.4) is 0 Å². The normalized spacial score (nSPS) is 25.0. The maximum Gasteiger partial charge on any atom is 0.237 e. The molecule has 1 amide bonds. The first kappa shape index (κ1) is 8.72. The molecule has 9 heavy (non-hydrogen) atoms. The number of halogens is 1. The Morgan fingerprint density at radius 2 is 2.44 bits per heavy atom. The van der Waals surface area contributed by atoms with Gasteiger partial charge in [-0.2, -0.15) is 0 Å². The first-order valence-corrected chi connectivity index (χ1v) is 2.79. The highest BCUT2D eigenvalue weighted by Crippen LogP contribution is 1.96. The Morgan fingerprint density at radius 1 is 1.78 bits per heavy atom. The molecule has 2 N–H and O–H groups in total. The fraction of sp³-hybridized carbons (Fsp3) is 0.800. The lowest BCUT2D eigenvalue weighted by molar-refractivity contribution is -0.120. The molecule has 0 radical (unpaired) electrons. The number of rotatable bonds is 1. The summed E-state index contributed by atoms with van der Waals surface area (Å²) in [4.78, 5) is 10.6. The van der Waals surface area contributed by atoms with Gasteiger partial charge in [-0.15, -0.1) is 12.4 Å². The van der Waals surface area contributed by atoms with Crippen molar-refractivity contribution >= 4 is 18.3 Å². The summed E-state index contributed by atoms with van der Waals surface area (Å²) in [5.74, 6) is 0.132. The summed E-state index contributed by atoms with van der Waals surface area (Å²) in [6.07, 6.45) is 0.926. The Balaban J connectivity index is 0.000000640. The Bertz CT molecular complexity index is 107. The second kappa shape index (κ2) is 3.69. The van der Waals surface area contributed by atoms with Crippen molar-refractivity contribution in [1.29, 1.82) is 0 Å². The van der Waals surface area contributed by atoms with Gasteiger partial charge in [-0.05, 0) is 13.5 Å². The van der Waals surface area contributed by atoms with E-state index in [9.17, 15) is 4.79 Å². The zero-order valence-electron chi connectivity index (χ0n) is 5.31. The molecule has 0 aromatic rings. The van der Waals surface area contributed by atoms with E-state index in [2.05, 4.69) is 10.6 Å². The quantitative estimate of drug-likeness (QED) is 0.530. The molecule has 54 valence electrons. The molecule has 1 aliphatic heterocycles. The number of carbonyl (C=O) groups is 1. The molecule has 1 heterocycles. The Kier molecular flexibility index (Phi) is 3.58. The Morgan fingerprint density at radius 3 is 2.67 bits per heavy atom. The molecule has 0 spiro atoms. The molecular formula is C5H11ClN2O. The maximum absolute atomic E-state index is 10.6. The van der Waals surface area contributed by atoms with Crippen LogP contribution in [0.2, 0.25) is 0 Å². The third-order valence-electron chi connectivity index (χ3n) is 1.40. The summed E-state index contributed by atoms with van der Waals surface area (Å²) in [5, 5.41) is 5.62. The molecule has 0 aromatic heterocycles. The molecule has 1 rings (SSSR count). The van der Waals surface area contributed by atoms with Crippen molar-refractivity contribution in [2.75, 3.05) is 13.6 Å². The van der Waals surface area contributed by atoms with Crippen molar-refractivity contribution in [3.05, 3.63) is 0 Å². The molecule has 1 aliphatic rings. The SMILES string of the molecule is CN[C@H]1CCNC1=O.Cl. The van der Waals surface area contributed by atoms with Crippen molar-refractivity contribution < 1.29 is 4.79 Å². The van der Waals surface area contributed by atoms with Crippen LogP contribution in [0, 0.1) is 0 Å². The topological polar surface area (TPSA) is 41.1 Å². The Hall–Kier alpha value is -0.280. The fourth-order valence-electron chi connectivity index (χ4n) is 0.869. The monoisotopic (exact) mass is 150 g/mol. The molecule has 0 aromatic carbocycles. The predicted octanol–water partition coefficient (Wildman–Crippen LogP) is -0.484. The number of likely N-dealkylation sites (N-methyl/N-ethyl adjacent to an activating group) is 1. The minimum absolute atomic E-state index is 0.